The lowest BCUT2D eigenvalue weighted by Gasteiger charge is -2.36. The fourth-order valence-corrected chi connectivity index (χ4v) is 3.46. The minimum Gasteiger partial charge on any atom is -0.314 e. The second kappa shape index (κ2) is 7.76. The van der Waals surface area contributed by atoms with Crippen molar-refractivity contribution in [2.75, 3.05) is 26.2 Å². The Bertz CT molecular complexity index is 583. The fraction of sp³-hybridized carbons (Fsp3) is 0.429. The van der Waals surface area contributed by atoms with Gasteiger partial charge in [0, 0.05) is 32.2 Å². The Balaban J connectivity index is 1.81. The number of benzene rings is 2. The summed E-state index contributed by atoms with van der Waals surface area (Å²) >= 11 is 0. The highest BCUT2D eigenvalue weighted by Gasteiger charge is 2.22. The van der Waals surface area contributed by atoms with Crippen LogP contribution in [0.1, 0.15) is 31.9 Å². The van der Waals surface area contributed by atoms with Crippen molar-refractivity contribution in [1.29, 1.82) is 0 Å². The highest BCUT2D eigenvalue weighted by atomic mass is 15.2. The first-order valence-electron chi connectivity index (χ1n) is 8.84. The van der Waals surface area contributed by atoms with Crippen molar-refractivity contribution in [2.24, 2.45) is 5.92 Å². The van der Waals surface area contributed by atoms with Crippen LogP contribution >= 0.6 is 0 Å². The average molecular weight is 308 g/mol. The van der Waals surface area contributed by atoms with Crippen LogP contribution in [0, 0.1) is 5.92 Å². The molecular formula is C21H28N2. The largest absolute Gasteiger partial charge is 0.314 e. The van der Waals surface area contributed by atoms with E-state index in [9.17, 15) is 0 Å². The second-order valence-electron chi connectivity index (χ2n) is 6.92. The Labute approximate surface area is 140 Å². The van der Waals surface area contributed by atoms with Crippen LogP contribution in [0.5, 0.6) is 0 Å². The molecule has 1 aliphatic heterocycles. The summed E-state index contributed by atoms with van der Waals surface area (Å²) in [5, 5.41) is 3.46. The second-order valence-corrected chi connectivity index (χ2v) is 6.92. The van der Waals surface area contributed by atoms with Gasteiger partial charge < -0.3 is 5.32 Å². The Morgan fingerprint density at radius 2 is 1.48 bits per heavy atom. The molecule has 1 fully saturated rings. The lowest BCUT2D eigenvalue weighted by molar-refractivity contribution is 0.154. The van der Waals surface area contributed by atoms with Crippen LogP contribution in [0.2, 0.25) is 0 Å². The third kappa shape index (κ3) is 4.21. The Morgan fingerprint density at radius 1 is 0.870 bits per heavy atom. The molecule has 0 bridgehead atoms. The molecule has 0 spiro atoms. The van der Waals surface area contributed by atoms with Crippen LogP contribution in [0.25, 0.3) is 11.1 Å². The molecule has 0 unspecified atom stereocenters. The summed E-state index contributed by atoms with van der Waals surface area (Å²) in [4.78, 5) is 2.65. The predicted molar refractivity (Wildman–Crippen MR) is 98.5 cm³/mol. The summed E-state index contributed by atoms with van der Waals surface area (Å²) in [6.45, 7) is 9.17. The van der Waals surface area contributed by atoms with Crippen molar-refractivity contribution in [2.45, 2.75) is 26.3 Å². The molecule has 2 nitrogen and oxygen atoms in total. The highest BCUT2D eigenvalue weighted by Crippen LogP contribution is 2.30. The molecule has 0 aromatic heterocycles. The van der Waals surface area contributed by atoms with Crippen molar-refractivity contribution in [3.05, 3.63) is 60.2 Å². The van der Waals surface area contributed by atoms with Crippen LogP contribution in [0.3, 0.4) is 0 Å². The lowest BCUT2D eigenvalue weighted by atomic mass is 9.93. The first kappa shape index (κ1) is 16.2. The van der Waals surface area contributed by atoms with E-state index in [4.69, 9.17) is 0 Å². The van der Waals surface area contributed by atoms with Gasteiger partial charge in [-0.1, -0.05) is 68.4 Å². The molecule has 1 saturated heterocycles. The molecule has 23 heavy (non-hydrogen) atoms. The van der Waals surface area contributed by atoms with E-state index >= 15 is 0 Å². The standard InChI is InChI=1S/C21H28N2/c1-17(2)16-21(23-14-12-22-13-15-23)20-10-8-19(9-11-20)18-6-4-3-5-7-18/h3-11,17,21-22H,12-16H2,1-2H3/t21-/m1/s1. The molecule has 1 N–H and O–H groups in total. The van der Waals surface area contributed by atoms with E-state index in [-0.39, 0.29) is 0 Å². The molecule has 122 valence electrons. The van der Waals surface area contributed by atoms with Crippen molar-refractivity contribution in [3.63, 3.8) is 0 Å². The van der Waals surface area contributed by atoms with Crippen LogP contribution in [-0.2, 0) is 0 Å². The van der Waals surface area contributed by atoms with Gasteiger partial charge in [-0.05, 0) is 29.0 Å². The topological polar surface area (TPSA) is 15.3 Å². The van der Waals surface area contributed by atoms with Gasteiger partial charge in [-0.15, -0.1) is 0 Å². The van der Waals surface area contributed by atoms with E-state index in [1.807, 2.05) is 0 Å². The maximum atomic E-state index is 3.46. The molecule has 1 aliphatic rings. The zero-order valence-electron chi connectivity index (χ0n) is 14.3. The van der Waals surface area contributed by atoms with E-state index in [2.05, 4.69) is 78.7 Å². The van der Waals surface area contributed by atoms with E-state index in [1.165, 1.54) is 23.1 Å². The molecule has 0 radical (unpaired) electrons. The number of rotatable bonds is 5. The normalized spacial score (nSPS) is 17.3. The number of hydrogen-bond acceptors (Lipinski definition) is 2. The smallest absolute Gasteiger partial charge is 0.0351 e. The quantitative estimate of drug-likeness (QED) is 0.883. The van der Waals surface area contributed by atoms with Gasteiger partial charge in [0.25, 0.3) is 0 Å². The van der Waals surface area contributed by atoms with Crippen LogP contribution < -0.4 is 5.32 Å². The maximum Gasteiger partial charge on any atom is 0.0351 e. The van der Waals surface area contributed by atoms with Gasteiger partial charge in [0.2, 0.25) is 0 Å². The number of hydrogen-bond donors (Lipinski definition) is 1. The molecule has 0 amide bonds. The maximum absolute atomic E-state index is 3.46. The minimum absolute atomic E-state index is 0.543. The summed E-state index contributed by atoms with van der Waals surface area (Å²) < 4.78 is 0. The molecule has 3 rings (SSSR count). The van der Waals surface area contributed by atoms with Crippen LogP contribution in [0.4, 0.5) is 0 Å². The van der Waals surface area contributed by atoms with Crippen molar-refractivity contribution in [3.8, 4) is 11.1 Å². The molecular weight excluding hydrogens is 280 g/mol. The number of piperazine rings is 1. The Hall–Kier alpha value is -1.64. The molecule has 0 saturated carbocycles. The summed E-state index contributed by atoms with van der Waals surface area (Å²) in [6.07, 6.45) is 1.23. The summed E-state index contributed by atoms with van der Waals surface area (Å²) in [5.41, 5.74) is 4.06. The van der Waals surface area contributed by atoms with Gasteiger partial charge in [-0.3, -0.25) is 4.90 Å². The molecule has 1 heterocycles. The third-order valence-corrected chi connectivity index (χ3v) is 4.69. The van der Waals surface area contributed by atoms with E-state index in [0.29, 0.717) is 12.0 Å². The first-order chi connectivity index (χ1) is 11.2. The average Bonchev–Trinajstić information content (AvgIpc) is 2.61. The summed E-state index contributed by atoms with van der Waals surface area (Å²) in [5.74, 6) is 0.712. The monoisotopic (exact) mass is 308 g/mol. The molecule has 1 atom stereocenters. The van der Waals surface area contributed by atoms with E-state index in [1.54, 1.807) is 0 Å². The fourth-order valence-electron chi connectivity index (χ4n) is 3.46. The SMILES string of the molecule is CC(C)C[C@H](c1ccc(-c2ccccc2)cc1)N1CCNCC1. The van der Waals surface area contributed by atoms with Crippen molar-refractivity contribution >= 4 is 0 Å². The summed E-state index contributed by atoms with van der Waals surface area (Å²) in [6, 6.07) is 20.4. The van der Waals surface area contributed by atoms with Crippen LogP contribution in [0.15, 0.2) is 54.6 Å². The van der Waals surface area contributed by atoms with Crippen LogP contribution in [-0.4, -0.2) is 31.1 Å². The molecule has 0 aliphatic carbocycles. The van der Waals surface area contributed by atoms with E-state index in [0.717, 1.165) is 26.2 Å². The molecule has 2 aromatic rings. The molecule has 2 heteroatoms. The minimum atomic E-state index is 0.543. The zero-order chi connectivity index (χ0) is 16.1. The van der Waals surface area contributed by atoms with Crippen molar-refractivity contribution < 1.29 is 0 Å². The van der Waals surface area contributed by atoms with E-state index < -0.39 is 0 Å². The number of nitrogens with one attached hydrogen (secondary N) is 1. The Morgan fingerprint density at radius 3 is 2.09 bits per heavy atom. The van der Waals surface area contributed by atoms with Gasteiger partial charge >= 0.3 is 0 Å². The number of nitrogens with zero attached hydrogens (tertiary/aromatic N) is 1. The van der Waals surface area contributed by atoms with Gasteiger partial charge in [-0.25, -0.2) is 0 Å². The first-order valence-corrected chi connectivity index (χ1v) is 8.84. The lowest BCUT2D eigenvalue weighted by Crippen LogP contribution is -2.45. The predicted octanol–water partition coefficient (Wildman–Crippen LogP) is 4.35. The molecule has 2 aromatic carbocycles. The van der Waals surface area contributed by atoms with Gasteiger partial charge in [0.15, 0.2) is 0 Å². The van der Waals surface area contributed by atoms with Gasteiger partial charge in [0.1, 0.15) is 0 Å². The van der Waals surface area contributed by atoms with Crippen molar-refractivity contribution in [1.82, 2.24) is 10.2 Å². The van der Waals surface area contributed by atoms with Gasteiger partial charge in [-0.2, -0.15) is 0 Å². The summed E-state index contributed by atoms with van der Waals surface area (Å²) in [7, 11) is 0. The third-order valence-electron chi connectivity index (χ3n) is 4.69. The Kier molecular flexibility index (Phi) is 5.47. The van der Waals surface area contributed by atoms with Gasteiger partial charge in [0.05, 0.1) is 0 Å². The highest BCUT2D eigenvalue weighted by molar-refractivity contribution is 5.63. The zero-order valence-corrected chi connectivity index (χ0v) is 14.3.